The molecule has 2 heterocycles. The standard InChI is InChI=1S/C124H88N2S2/c1-121(2)104-42-17-19-44-106(104)123(110-77-64-87-35-14-15-39-100(87)117(110)121)108-46-21-24-51-115(108)127-119-102(40-27-48-112(119)123)88-59-72-96(73-60-88)125(94-66-53-83(54-67-94)81-29-8-5-9-30-81)95-68-57-85(58-69-95)90-36-26-37-91(79-90)92-63-76-101-93(80-92)65-78-111-118(101)122(3,4)105-43-18-20-45-107(105)124(111)109-47-22-25-52-116(109)128-120-103(41-28-49-113(120)124)89-61-74-98(75-62-89)126(97-70-55-84(56-71-97)82-31-10-6-11-32-82)114-50-23-16-38-99(114)86-33-12-7-13-34-86/h5-80H,1-4H3. The van der Waals surface area contributed by atoms with Crippen LogP contribution >= 0.6 is 23.5 Å². The van der Waals surface area contributed by atoms with E-state index in [-0.39, 0.29) is 10.8 Å². The molecule has 0 N–H and O–H groups in total. The largest absolute Gasteiger partial charge is 0.311 e. The Kier molecular flexibility index (Phi) is 18.3. The summed E-state index contributed by atoms with van der Waals surface area (Å²) in [6.07, 6.45) is 0. The average Bonchev–Trinajstić information content (AvgIpc) is 0.673. The van der Waals surface area contributed by atoms with E-state index in [2.05, 4.69) is 499 Å². The maximum Gasteiger partial charge on any atom is 0.0729 e. The monoisotopic (exact) mass is 1670 g/mol. The van der Waals surface area contributed by atoms with Crippen molar-refractivity contribution in [1.29, 1.82) is 0 Å². The minimum absolute atomic E-state index is 0.251. The lowest BCUT2D eigenvalue weighted by Crippen LogP contribution is -2.43. The molecule has 0 aromatic heterocycles. The summed E-state index contributed by atoms with van der Waals surface area (Å²) in [5, 5.41) is 5.08. The van der Waals surface area contributed by atoms with Crippen LogP contribution in [0.2, 0.25) is 0 Å². The molecule has 0 radical (unpaired) electrons. The first-order valence-corrected chi connectivity index (χ1v) is 46.2. The van der Waals surface area contributed by atoms with E-state index in [9.17, 15) is 0 Å². The quantitative estimate of drug-likeness (QED) is 0.113. The first-order valence-electron chi connectivity index (χ1n) is 44.6. The molecule has 0 fully saturated rings. The highest BCUT2D eigenvalue weighted by molar-refractivity contribution is 8.00. The number of rotatable bonds is 13. The second-order valence-electron chi connectivity index (χ2n) is 35.6. The van der Waals surface area contributed by atoms with E-state index in [0.29, 0.717) is 0 Å². The Hall–Kier alpha value is -14.8. The second kappa shape index (κ2) is 30.5. The van der Waals surface area contributed by atoms with Gasteiger partial charge in [0.2, 0.25) is 0 Å². The molecule has 20 aromatic carbocycles. The molecule has 20 aromatic rings. The van der Waals surface area contributed by atoms with Gasteiger partial charge in [-0.05, 0) is 252 Å². The highest BCUT2D eigenvalue weighted by Crippen LogP contribution is 2.66. The number of nitrogens with zero attached hydrogens (tertiary/aromatic N) is 2. The van der Waals surface area contributed by atoms with Gasteiger partial charge < -0.3 is 9.80 Å². The van der Waals surface area contributed by atoms with Gasteiger partial charge in [-0.15, -0.1) is 0 Å². The molecular formula is C124H88N2S2. The van der Waals surface area contributed by atoms with Crippen LogP contribution in [0.5, 0.6) is 0 Å². The number of benzene rings is 20. The topological polar surface area (TPSA) is 6.48 Å². The third kappa shape index (κ3) is 12.1. The van der Waals surface area contributed by atoms with E-state index >= 15 is 0 Å². The summed E-state index contributed by atoms with van der Waals surface area (Å²) in [5.74, 6) is 0. The van der Waals surface area contributed by atoms with Gasteiger partial charge in [-0.25, -0.2) is 0 Å². The maximum absolute atomic E-state index is 2.50. The number of fused-ring (bicyclic) bond motifs is 20. The Morgan fingerprint density at radius 1 is 0.188 bits per heavy atom. The van der Waals surface area contributed by atoms with Crippen LogP contribution in [0.3, 0.4) is 0 Å². The zero-order chi connectivity index (χ0) is 85.4. The molecule has 4 aliphatic rings. The van der Waals surface area contributed by atoms with Crippen molar-refractivity contribution in [2.24, 2.45) is 0 Å². The van der Waals surface area contributed by atoms with E-state index in [0.717, 1.165) is 45.3 Å². The van der Waals surface area contributed by atoms with Crippen LogP contribution in [0, 0.1) is 0 Å². The fourth-order valence-electron chi connectivity index (χ4n) is 22.3. The minimum Gasteiger partial charge on any atom is -0.311 e. The van der Waals surface area contributed by atoms with Gasteiger partial charge in [-0.1, -0.05) is 421 Å². The third-order valence-corrected chi connectivity index (χ3v) is 30.5. The minimum atomic E-state index is -0.642. The molecule has 606 valence electrons. The van der Waals surface area contributed by atoms with Gasteiger partial charge in [-0.2, -0.15) is 0 Å². The predicted octanol–water partition coefficient (Wildman–Crippen LogP) is 33.6. The maximum atomic E-state index is 2.50. The van der Waals surface area contributed by atoms with Crippen LogP contribution < -0.4 is 9.80 Å². The number of hydrogen-bond acceptors (Lipinski definition) is 4. The lowest BCUT2D eigenvalue weighted by molar-refractivity contribution is 0.554. The summed E-state index contributed by atoms with van der Waals surface area (Å²) in [7, 11) is 0. The van der Waals surface area contributed by atoms with E-state index in [1.165, 1.54) is 175 Å². The van der Waals surface area contributed by atoms with E-state index in [4.69, 9.17) is 0 Å². The molecule has 2 spiro atoms. The molecule has 2 aliphatic heterocycles. The molecule has 0 saturated heterocycles. The van der Waals surface area contributed by atoms with Gasteiger partial charge in [0.1, 0.15) is 0 Å². The first-order chi connectivity index (χ1) is 63.0. The highest BCUT2D eigenvalue weighted by Gasteiger charge is 2.55. The summed E-state index contributed by atoms with van der Waals surface area (Å²) in [5.41, 5.74) is 37.4. The van der Waals surface area contributed by atoms with Crippen molar-refractivity contribution in [3.8, 4) is 77.9 Å². The van der Waals surface area contributed by atoms with Crippen LogP contribution in [0.1, 0.15) is 94.5 Å². The molecule has 24 rings (SSSR count). The van der Waals surface area contributed by atoms with Crippen molar-refractivity contribution in [2.75, 3.05) is 9.80 Å². The molecule has 0 bridgehead atoms. The zero-order valence-electron chi connectivity index (χ0n) is 71.6. The summed E-state index contributed by atoms with van der Waals surface area (Å²) in [6.45, 7) is 9.78. The van der Waals surface area contributed by atoms with Gasteiger partial charge in [0, 0.05) is 64.4 Å². The molecule has 2 aliphatic carbocycles. The van der Waals surface area contributed by atoms with Crippen LogP contribution in [0.25, 0.3) is 99.4 Å². The smallest absolute Gasteiger partial charge is 0.0729 e. The number of para-hydroxylation sites is 1. The van der Waals surface area contributed by atoms with Crippen molar-refractivity contribution in [3.05, 3.63) is 528 Å². The first kappa shape index (κ1) is 76.8. The van der Waals surface area contributed by atoms with E-state index < -0.39 is 10.8 Å². The second-order valence-corrected chi connectivity index (χ2v) is 37.7. The van der Waals surface area contributed by atoms with Crippen LogP contribution in [0.4, 0.5) is 34.1 Å². The molecular weight excluding hydrogens is 1580 g/mol. The van der Waals surface area contributed by atoms with Gasteiger partial charge in [0.25, 0.3) is 0 Å². The highest BCUT2D eigenvalue weighted by atomic mass is 32.2. The van der Waals surface area contributed by atoms with Gasteiger partial charge in [0.05, 0.1) is 16.5 Å². The molecule has 2 nitrogen and oxygen atoms in total. The van der Waals surface area contributed by atoms with Crippen molar-refractivity contribution in [2.45, 2.75) is 68.9 Å². The van der Waals surface area contributed by atoms with Crippen LogP contribution in [-0.4, -0.2) is 0 Å². The van der Waals surface area contributed by atoms with E-state index in [1.54, 1.807) is 0 Å². The van der Waals surface area contributed by atoms with Gasteiger partial charge >= 0.3 is 0 Å². The molecule has 128 heavy (non-hydrogen) atoms. The Morgan fingerprint density at radius 3 is 0.992 bits per heavy atom. The molecule has 4 heteroatoms. The fourth-order valence-corrected chi connectivity index (χ4v) is 24.9. The zero-order valence-corrected chi connectivity index (χ0v) is 73.2. The van der Waals surface area contributed by atoms with Crippen molar-refractivity contribution in [1.82, 2.24) is 0 Å². The van der Waals surface area contributed by atoms with Gasteiger partial charge in [0.15, 0.2) is 0 Å². The Labute approximate surface area is 757 Å². The van der Waals surface area contributed by atoms with Crippen LogP contribution in [0.15, 0.2) is 481 Å². The van der Waals surface area contributed by atoms with Crippen molar-refractivity contribution in [3.63, 3.8) is 0 Å². The predicted molar refractivity (Wildman–Crippen MR) is 538 cm³/mol. The number of hydrogen-bond donors (Lipinski definition) is 0. The molecule has 2 unspecified atom stereocenters. The van der Waals surface area contributed by atoms with Crippen LogP contribution in [-0.2, 0) is 21.7 Å². The third-order valence-electron chi connectivity index (χ3n) is 28.1. The molecule has 0 saturated carbocycles. The summed E-state index contributed by atoms with van der Waals surface area (Å²) in [4.78, 5) is 9.96. The lowest BCUT2D eigenvalue weighted by Gasteiger charge is -2.51. The van der Waals surface area contributed by atoms with E-state index in [1.807, 2.05) is 23.5 Å². The SMILES string of the molecule is CC1(C)c2ccccc2C2(c3ccccc3Sc3c(-c4ccc(N(c5ccc(-c6ccccc6)cc5)c5ccc(-c6cccc(-c7ccc8c9c(ccc8c7)C7(c8ccccc8Sc8c(-c%10ccc(N(c%11ccc(-c%12ccccc%12)cc%11)c%11ccccc%11-c%11ccccc%11)cc%10)cccc87)c7ccccc7C9(C)C)c6)cc5)cc4)cccc32)c2ccc3ccccc3c21. The average molecular weight is 1670 g/mol. The summed E-state index contributed by atoms with van der Waals surface area (Å²) < 4.78 is 0. The summed E-state index contributed by atoms with van der Waals surface area (Å²) >= 11 is 3.83. The van der Waals surface area contributed by atoms with Gasteiger partial charge in [-0.3, -0.25) is 0 Å². The molecule has 0 amide bonds. The lowest BCUT2D eigenvalue weighted by atomic mass is 9.53. The Bertz CT molecular complexity index is 7770. The molecule has 2 atom stereocenters. The van der Waals surface area contributed by atoms with Crippen molar-refractivity contribution >= 4 is 79.2 Å². The Balaban J connectivity index is 0.572. The fraction of sp³-hybridized carbons (Fsp3) is 0.0645. The number of anilines is 6. The summed E-state index contributed by atoms with van der Waals surface area (Å²) in [6, 6.07) is 173. The van der Waals surface area contributed by atoms with Crippen molar-refractivity contribution < 1.29 is 0 Å². The Morgan fingerprint density at radius 2 is 0.500 bits per heavy atom. The normalized spacial score (nSPS) is 15.6.